The molecule has 1 aromatic heterocycles. The Morgan fingerprint density at radius 2 is 1.71 bits per heavy atom. The van der Waals surface area contributed by atoms with E-state index in [2.05, 4.69) is 4.98 Å². The van der Waals surface area contributed by atoms with Gasteiger partial charge in [0.25, 0.3) is 11.8 Å². The number of amides is 5. The van der Waals surface area contributed by atoms with Crippen molar-refractivity contribution in [3.05, 3.63) is 48.2 Å². The number of nitrogens with one attached hydrogen (secondary N) is 2. The summed E-state index contributed by atoms with van der Waals surface area (Å²) in [6, 6.07) is 7.59. The summed E-state index contributed by atoms with van der Waals surface area (Å²) in [4.78, 5) is 51.6. The fourth-order valence-corrected chi connectivity index (χ4v) is 5.30. The van der Waals surface area contributed by atoms with Gasteiger partial charge in [0.05, 0.1) is 17.6 Å². The number of primary amides is 1. The van der Waals surface area contributed by atoms with Crippen LogP contribution in [0.3, 0.4) is 0 Å². The van der Waals surface area contributed by atoms with Crippen LogP contribution in [-0.4, -0.2) is 48.4 Å². The summed E-state index contributed by atoms with van der Waals surface area (Å²) in [7, 11) is -4.04. The Bertz CT molecular complexity index is 1190. The van der Waals surface area contributed by atoms with Gasteiger partial charge in [0.2, 0.25) is 27.3 Å². The lowest BCUT2D eigenvalue weighted by molar-refractivity contribution is -0.137. The molecule has 2 fully saturated rings. The van der Waals surface area contributed by atoms with Crippen LogP contribution in [0.15, 0.2) is 42.6 Å². The van der Waals surface area contributed by atoms with Gasteiger partial charge in [-0.1, -0.05) is 0 Å². The van der Waals surface area contributed by atoms with Crippen molar-refractivity contribution in [2.24, 2.45) is 5.73 Å². The maximum Gasteiger partial charge on any atom is 0.328 e. The molecule has 5 amide bonds. The molecule has 3 heterocycles. The molecule has 160 valence electrons. The van der Waals surface area contributed by atoms with Gasteiger partial charge in [-0.15, -0.1) is 0 Å². The molecule has 0 unspecified atom stereocenters. The highest BCUT2D eigenvalue weighted by molar-refractivity contribution is 7.93. The van der Waals surface area contributed by atoms with E-state index in [1.54, 1.807) is 0 Å². The molecule has 2 saturated heterocycles. The quantitative estimate of drug-likeness (QED) is 0.533. The van der Waals surface area contributed by atoms with Crippen molar-refractivity contribution in [2.75, 3.05) is 10.1 Å². The van der Waals surface area contributed by atoms with E-state index in [-0.39, 0.29) is 18.0 Å². The van der Waals surface area contributed by atoms with Crippen molar-refractivity contribution in [1.82, 2.24) is 15.6 Å². The number of carbonyl (C=O) groups is 4. The second-order valence-corrected chi connectivity index (χ2v) is 8.71. The summed E-state index contributed by atoms with van der Waals surface area (Å²) in [6.45, 7) is 0. The molecular weight excluding hydrogens is 430 g/mol. The maximum absolute atomic E-state index is 12.7. The molecule has 0 radical (unpaired) electrons. The molecule has 0 saturated carbocycles. The maximum atomic E-state index is 12.7. The molecule has 2 aliphatic heterocycles. The monoisotopic (exact) mass is 445 g/mol. The van der Waals surface area contributed by atoms with Crippen molar-refractivity contribution in [3.63, 3.8) is 0 Å². The Kier molecular flexibility index (Phi) is 4.61. The van der Waals surface area contributed by atoms with Gasteiger partial charge in [0.1, 0.15) is 5.75 Å². The lowest BCUT2D eigenvalue weighted by atomic mass is 9.92. The normalized spacial score (nSPS) is 19.1. The Hall–Kier alpha value is -4.00. The summed E-state index contributed by atoms with van der Waals surface area (Å²) in [5.74, 6) is -2.68. The van der Waals surface area contributed by atoms with Crippen molar-refractivity contribution in [1.29, 1.82) is 0 Å². The van der Waals surface area contributed by atoms with Crippen LogP contribution >= 0.6 is 0 Å². The number of hydrogen-bond donors (Lipinski definition) is 3. The van der Waals surface area contributed by atoms with Gasteiger partial charge in [-0.05, 0) is 30.3 Å². The number of carbonyl (C=O) groups excluding carboxylic acids is 4. The summed E-state index contributed by atoms with van der Waals surface area (Å²) in [5.41, 5.74) is 3.30. The van der Waals surface area contributed by atoms with Crippen molar-refractivity contribution in [3.8, 4) is 11.6 Å². The zero-order valence-electron chi connectivity index (χ0n) is 15.7. The van der Waals surface area contributed by atoms with Crippen LogP contribution in [0.5, 0.6) is 11.6 Å². The molecule has 4 rings (SSSR count). The fourth-order valence-electron chi connectivity index (χ4n) is 3.41. The second-order valence-electron chi connectivity index (χ2n) is 6.77. The number of nitrogens with two attached hydrogens (primary N) is 1. The third-order valence-corrected chi connectivity index (χ3v) is 6.67. The lowest BCUT2D eigenvalue weighted by Crippen LogP contribution is -2.71. The first-order valence-electron chi connectivity index (χ1n) is 8.87. The number of barbiturate groups is 1. The van der Waals surface area contributed by atoms with Gasteiger partial charge in [0.15, 0.2) is 0 Å². The van der Waals surface area contributed by atoms with Gasteiger partial charge in [-0.25, -0.2) is 22.5 Å². The molecule has 4 N–H and O–H groups in total. The first-order chi connectivity index (χ1) is 14.6. The van der Waals surface area contributed by atoms with E-state index in [9.17, 15) is 27.6 Å². The number of imide groups is 2. The zero-order chi connectivity index (χ0) is 22.4. The highest BCUT2D eigenvalue weighted by atomic mass is 32.2. The topological polar surface area (TPSA) is 178 Å². The molecule has 31 heavy (non-hydrogen) atoms. The Balaban J connectivity index is 1.63. The number of sulfonamides is 1. The standard InChI is InChI=1S/C18H15N5O7S/c19-14(24)10-1-4-12(5-2-10)30-13-6-3-11(9-20-13)23-18(7-8-31(23,28)29)15(25)21-17(27)22-16(18)26/h1-6,9H,7-8H2,(H2,19,24)(H2,21,22,25,26,27). The van der Waals surface area contributed by atoms with Gasteiger partial charge in [0, 0.05) is 18.1 Å². The van der Waals surface area contributed by atoms with Crippen LogP contribution in [0.2, 0.25) is 0 Å². The minimum atomic E-state index is -4.04. The van der Waals surface area contributed by atoms with Crippen LogP contribution in [-0.2, 0) is 19.6 Å². The van der Waals surface area contributed by atoms with Crippen LogP contribution in [0.4, 0.5) is 10.5 Å². The summed E-state index contributed by atoms with van der Waals surface area (Å²) >= 11 is 0. The third-order valence-electron chi connectivity index (χ3n) is 4.87. The highest BCUT2D eigenvalue weighted by Crippen LogP contribution is 2.38. The van der Waals surface area contributed by atoms with E-state index in [0.717, 1.165) is 6.20 Å². The molecule has 0 atom stereocenters. The van der Waals surface area contributed by atoms with E-state index in [4.69, 9.17) is 10.5 Å². The van der Waals surface area contributed by atoms with E-state index < -0.39 is 45.1 Å². The van der Waals surface area contributed by atoms with Crippen LogP contribution in [0, 0.1) is 0 Å². The smallest absolute Gasteiger partial charge is 0.328 e. The average Bonchev–Trinajstić information content (AvgIpc) is 3.00. The molecule has 2 aliphatic rings. The predicted molar refractivity (Wildman–Crippen MR) is 105 cm³/mol. The molecule has 13 heteroatoms. The summed E-state index contributed by atoms with van der Waals surface area (Å²) in [6.07, 6.45) is 0.805. The van der Waals surface area contributed by atoms with E-state index in [1.807, 2.05) is 10.6 Å². The number of benzene rings is 1. The van der Waals surface area contributed by atoms with Crippen molar-refractivity contribution >= 4 is 39.5 Å². The van der Waals surface area contributed by atoms with Gasteiger partial charge in [-0.3, -0.25) is 25.0 Å². The Morgan fingerprint density at radius 3 is 2.26 bits per heavy atom. The van der Waals surface area contributed by atoms with Crippen molar-refractivity contribution < 1.29 is 32.3 Å². The largest absolute Gasteiger partial charge is 0.439 e. The molecular formula is C18H15N5O7S. The first-order valence-corrected chi connectivity index (χ1v) is 10.5. The summed E-state index contributed by atoms with van der Waals surface area (Å²) in [5, 5.41) is 3.89. The van der Waals surface area contributed by atoms with Gasteiger partial charge < -0.3 is 10.5 Å². The number of anilines is 1. The van der Waals surface area contributed by atoms with E-state index in [0.29, 0.717) is 15.6 Å². The highest BCUT2D eigenvalue weighted by Gasteiger charge is 2.62. The fraction of sp³-hybridized carbons (Fsp3) is 0.167. The molecule has 1 spiro atoms. The number of nitrogens with zero attached hydrogens (tertiary/aromatic N) is 2. The van der Waals surface area contributed by atoms with E-state index >= 15 is 0 Å². The molecule has 1 aromatic carbocycles. The number of pyridine rings is 1. The number of urea groups is 1. The van der Waals surface area contributed by atoms with Crippen LogP contribution < -0.4 is 25.4 Å². The predicted octanol–water partition coefficient (Wildman–Crippen LogP) is -0.382. The average molecular weight is 445 g/mol. The van der Waals surface area contributed by atoms with Crippen LogP contribution in [0.1, 0.15) is 16.8 Å². The minimum Gasteiger partial charge on any atom is -0.439 e. The first kappa shape index (κ1) is 20.3. The lowest BCUT2D eigenvalue weighted by Gasteiger charge is -2.37. The minimum absolute atomic E-state index is 0.0476. The number of rotatable bonds is 4. The van der Waals surface area contributed by atoms with E-state index in [1.165, 1.54) is 36.4 Å². The molecule has 0 aliphatic carbocycles. The van der Waals surface area contributed by atoms with Crippen molar-refractivity contribution in [2.45, 2.75) is 12.0 Å². The van der Waals surface area contributed by atoms with Gasteiger partial charge in [-0.2, -0.15) is 0 Å². The van der Waals surface area contributed by atoms with Crippen LogP contribution in [0.25, 0.3) is 0 Å². The molecule has 2 aromatic rings. The summed E-state index contributed by atoms with van der Waals surface area (Å²) < 4.78 is 31.5. The SMILES string of the molecule is NC(=O)c1ccc(Oc2ccc(N3C4(CCS3(=O)=O)C(=O)NC(=O)NC4=O)cn2)cc1. The molecule has 12 nitrogen and oxygen atoms in total. The number of aromatic nitrogens is 1. The Labute approximate surface area is 175 Å². The third kappa shape index (κ3) is 3.34. The number of ether oxygens (including phenoxy) is 1. The number of hydrogen-bond acceptors (Lipinski definition) is 8. The molecule has 0 bridgehead atoms. The second kappa shape index (κ2) is 7.05. The zero-order valence-corrected chi connectivity index (χ0v) is 16.5. The van der Waals surface area contributed by atoms with Gasteiger partial charge >= 0.3 is 6.03 Å². The Morgan fingerprint density at radius 1 is 1.06 bits per heavy atom.